The summed E-state index contributed by atoms with van der Waals surface area (Å²) in [6.07, 6.45) is 0. The monoisotopic (exact) mass is 477 g/mol. The van der Waals surface area contributed by atoms with Crippen LogP contribution >= 0.6 is 11.6 Å². The molecule has 0 aliphatic heterocycles. The summed E-state index contributed by atoms with van der Waals surface area (Å²) in [7, 11) is 0. The highest BCUT2D eigenvalue weighted by Crippen LogP contribution is 2.34. The van der Waals surface area contributed by atoms with Crippen LogP contribution in [-0.2, 0) is 4.79 Å². The highest BCUT2D eigenvalue weighted by Gasteiger charge is 2.24. The smallest absolute Gasteiger partial charge is 0.262 e. The standard InChI is InChI=1S/C27H24ClNO5/c1-4-32-23-12-10-18(14-20(23)28)26(31)27-25(19-7-5-6-8-22(19)34-27)29-24(30)15-33-21-11-9-16(2)13-17(21)3/h5-14H,4,15H2,1-3H3,(H,29,30). The van der Waals surface area contributed by atoms with Gasteiger partial charge in [-0.3, -0.25) is 9.59 Å². The maximum atomic E-state index is 13.3. The third-order valence-electron chi connectivity index (χ3n) is 5.25. The van der Waals surface area contributed by atoms with Crippen molar-refractivity contribution in [3.63, 3.8) is 0 Å². The second-order valence-corrected chi connectivity index (χ2v) is 8.22. The van der Waals surface area contributed by atoms with Gasteiger partial charge < -0.3 is 19.2 Å². The van der Waals surface area contributed by atoms with E-state index < -0.39 is 11.7 Å². The van der Waals surface area contributed by atoms with Crippen LogP contribution in [0, 0.1) is 13.8 Å². The van der Waals surface area contributed by atoms with E-state index in [4.69, 9.17) is 25.5 Å². The number of hydrogen-bond acceptors (Lipinski definition) is 5. The van der Waals surface area contributed by atoms with E-state index in [1.807, 2.05) is 45.0 Å². The van der Waals surface area contributed by atoms with Crippen molar-refractivity contribution in [2.75, 3.05) is 18.5 Å². The Balaban J connectivity index is 1.60. The van der Waals surface area contributed by atoms with Crippen molar-refractivity contribution in [3.05, 3.63) is 88.1 Å². The number of halogens is 1. The van der Waals surface area contributed by atoms with E-state index in [0.29, 0.717) is 45.3 Å². The molecule has 3 aromatic carbocycles. The molecule has 0 bridgehead atoms. The summed E-state index contributed by atoms with van der Waals surface area (Å²) in [6.45, 7) is 6.00. The van der Waals surface area contributed by atoms with Crippen molar-refractivity contribution in [2.45, 2.75) is 20.8 Å². The van der Waals surface area contributed by atoms with Gasteiger partial charge in [0.25, 0.3) is 5.91 Å². The summed E-state index contributed by atoms with van der Waals surface area (Å²) in [4.78, 5) is 26.1. The fourth-order valence-electron chi connectivity index (χ4n) is 3.66. The fraction of sp³-hybridized carbons (Fsp3) is 0.185. The van der Waals surface area contributed by atoms with Gasteiger partial charge in [-0.15, -0.1) is 0 Å². The van der Waals surface area contributed by atoms with Gasteiger partial charge in [0.1, 0.15) is 17.1 Å². The van der Waals surface area contributed by atoms with Crippen molar-refractivity contribution in [1.29, 1.82) is 0 Å². The molecular weight excluding hydrogens is 454 g/mol. The third kappa shape index (κ3) is 4.92. The first kappa shape index (κ1) is 23.4. The molecule has 0 unspecified atom stereocenters. The minimum atomic E-state index is -0.412. The molecule has 4 rings (SSSR count). The quantitative estimate of drug-likeness (QED) is 0.299. The summed E-state index contributed by atoms with van der Waals surface area (Å²) in [6, 6.07) is 17.6. The van der Waals surface area contributed by atoms with Crippen LogP contribution in [0.4, 0.5) is 5.69 Å². The van der Waals surface area contributed by atoms with Crippen molar-refractivity contribution in [1.82, 2.24) is 0 Å². The van der Waals surface area contributed by atoms with Gasteiger partial charge >= 0.3 is 0 Å². The van der Waals surface area contributed by atoms with Gasteiger partial charge in [-0.2, -0.15) is 0 Å². The van der Waals surface area contributed by atoms with Crippen molar-refractivity contribution in [3.8, 4) is 11.5 Å². The Morgan fingerprint density at radius 1 is 0.971 bits per heavy atom. The Morgan fingerprint density at radius 2 is 1.74 bits per heavy atom. The largest absolute Gasteiger partial charge is 0.492 e. The number of rotatable bonds is 8. The van der Waals surface area contributed by atoms with E-state index in [-0.39, 0.29) is 12.4 Å². The van der Waals surface area contributed by atoms with Gasteiger partial charge in [-0.05, 0) is 62.7 Å². The molecular formula is C27H24ClNO5. The zero-order chi connectivity index (χ0) is 24.2. The van der Waals surface area contributed by atoms with E-state index in [1.54, 1.807) is 30.3 Å². The number of carbonyl (C=O) groups excluding carboxylic acids is 2. The van der Waals surface area contributed by atoms with Crippen LogP contribution in [0.15, 0.2) is 65.1 Å². The van der Waals surface area contributed by atoms with Gasteiger partial charge in [-0.25, -0.2) is 0 Å². The number of carbonyl (C=O) groups is 2. The van der Waals surface area contributed by atoms with Gasteiger partial charge in [0, 0.05) is 10.9 Å². The van der Waals surface area contributed by atoms with Crippen LogP contribution in [0.5, 0.6) is 11.5 Å². The molecule has 174 valence electrons. The number of aryl methyl sites for hydroxylation is 2. The highest BCUT2D eigenvalue weighted by molar-refractivity contribution is 6.32. The Hall–Kier alpha value is -3.77. The zero-order valence-electron chi connectivity index (χ0n) is 19.1. The second kappa shape index (κ2) is 10.0. The molecule has 0 spiro atoms. The summed E-state index contributed by atoms with van der Waals surface area (Å²) in [5.74, 6) is 0.305. The fourth-order valence-corrected chi connectivity index (χ4v) is 3.89. The Labute approximate surface area is 202 Å². The number of amides is 1. The number of para-hydroxylation sites is 1. The number of ketones is 1. The number of nitrogens with one attached hydrogen (secondary N) is 1. The van der Waals surface area contributed by atoms with Crippen molar-refractivity contribution in [2.24, 2.45) is 0 Å². The van der Waals surface area contributed by atoms with E-state index in [2.05, 4.69) is 5.32 Å². The lowest BCUT2D eigenvalue weighted by Gasteiger charge is -2.11. The number of benzene rings is 3. The zero-order valence-corrected chi connectivity index (χ0v) is 19.9. The molecule has 0 saturated heterocycles. The summed E-state index contributed by atoms with van der Waals surface area (Å²) < 4.78 is 17.0. The van der Waals surface area contributed by atoms with Crippen LogP contribution in [0.1, 0.15) is 34.2 Å². The maximum Gasteiger partial charge on any atom is 0.262 e. The van der Waals surface area contributed by atoms with Gasteiger partial charge in [0.15, 0.2) is 12.4 Å². The predicted molar refractivity (Wildman–Crippen MR) is 132 cm³/mol. The minimum absolute atomic E-state index is 0.0151. The molecule has 6 nitrogen and oxygen atoms in total. The van der Waals surface area contributed by atoms with Crippen LogP contribution in [0.25, 0.3) is 11.0 Å². The molecule has 0 aliphatic rings. The van der Waals surface area contributed by atoms with Crippen molar-refractivity contribution < 1.29 is 23.5 Å². The number of furan rings is 1. The first-order chi connectivity index (χ1) is 16.4. The summed E-state index contributed by atoms with van der Waals surface area (Å²) in [5.41, 5.74) is 3.13. The topological polar surface area (TPSA) is 77.8 Å². The molecule has 0 aliphatic carbocycles. The van der Waals surface area contributed by atoms with Gasteiger partial charge in [0.05, 0.1) is 17.3 Å². The van der Waals surface area contributed by atoms with Crippen LogP contribution in [0.3, 0.4) is 0 Å². The SMILES string of the molecule is CCOc1ccc(C(=O)c2oc3ccccc3c2NC(=O)COc2ccc(C)cc2C)cc1Cl. The minimum Gasteiger partial charge on any atom is -0.492 e. The molecule has 1 amide bonds. The molecule has 0 radical (unpaired) electrons. The predicted octanol–water partition coefficient (Wildman–Crippen LogP) is 6.35. The lowest BCUT2D eigenvalue weighted by atomic mass is 10.1. The average molecular weight is 478 g/mol. The summed E-state index contributed by atoms with van der Waals surface area (Å²) in [5, 5.41) is 3.73. The van der Waals surface area contributed by atoms with E-state index in [1.165, 1.54) is 6.07 Å². The second-order valence-electron chi connectivity index (χ2n) is 7.82. The van der Waals surface area contributed by atoms with Crippen LogP contribution in [-0.4, -0.2) is 24.9 Å². The molecule has 4 aromatic rings. The van der Waals surface area contributed by atoms with E-state index in [0.717, 1.165) is 11.1 Å². The molecule has 34 heavy (non-hydrogen) atoms. The number of fused-ring (bicyclic) bond motifs is 1. The number of anilines is 1. The lowest BCUT2D eigenvalue weighted by Crippen LogP contribution is -2.21. The molecule has 0 saturated carbocycles. The molecule has 1 aromatic heterocycles. The molecule has 0 fully saturated rings. The van der Waals surface area contributed by atoms with Gasteiger partial charge in [-0.1, -0.05) is 41.4 Å². The van der Waals surface area contributed by atoms with E-state index in [9.17, 15) is 9.59 Å². The normalized spacial score (nSPS) is 10.8. The molecule has 1 N–H and O–H groups in total. The highest BCUT2D eigenvalue weighted by atomic mass is 35.5. The van der Waals surface area contributed by atoms with Crippen LogP contribution in [0.2, 0.25) is 5.02 Å². The lowest BCUT2D eigenvalue weighted by molar-refractivity contribution is -0.118. The Kier molecular flexibility index (Phi) is 6.89. The third-order valence-corrected chi connectivity index (χ3v) is 5.54. The average Bonchev–Trinajstić information content (AvgIpc) is 3.17. The molecule has 1 heterocycles. The first-order valence-electron chi connectivity index (χ1n) is 10.9. The maximum absolute atomic E-state index is 13.3. The van der Waals surface area contributed by atoms with Crippen molar-refractivity contribution >= 4 is 39.9 Å². The number of ether oxygens (including phenoxy) is 2. The Morgan fingerprint density at radius 3 is 2.47 bits per heavy atom. The first-order valence-corrected chi connectivity index (χ1v) is 11.2. The number of hydrogen-bond donors (Lipinski definition) is 1. The Bertz CT molecular complexity index is 1370. The molecule has 7 heteroatoms. The van der Waals surface area contributed by atoms with Gasteiger partial charge in [0.2, 0.25) is 5.78 Å². The van der Waals surface area contributed by atoms with Crippen LogP contribution < -0.4 is 14.8 Å². The summed E-state index contributed by atoms with van der Waals surface area (Å²) >= 11 is 6.27. The molecule has 0 atom stereocenters. The van der Waals surface area contributed by atoms with E-state index >= 15 is 0 Å².